The highest BCUT2D eigenvalue weighted by atomic mass is 19.4. The van der Waals surface area contributed by atoms with Crippen LogP contribution < -0.4 is 38.8 Å². The lowest BCUT2D eigenvalue weighted by Gasteiger charge is -2.26. The van der Waals surface area contributed by atoms with E-state index in [2.05, 4.69) is 20.9 Å². The van der Waals surface area contributed by atoms with Gasteiger partial charge in [0.1, 0.15) is 17.7 Å². The molecule has 12 nitrogen and oxygen atoms in total. The lowest BCUT2D eigenvalue weighted by molar-refractivity contribution is -0.136. The normalized spacial score (nSPS) is 13.9. The van der Waals surface area contributed by atoms with Gasteiger partial charge in [-0.05, 0) is 43.2 Å². The molecule has 1 heterocycles. The van der Waals surface area contributed by atoms with Crippen molar-refractivity contribution in [2.24, 2.45) is 34.0 Å². The van der Waals surface area contributed by atoms with Gasteiger partial charge in [0, 0.05) is 29.8 Å². The standard InChI is InChI=1S/C27H38F3N7O5/c1-13(2)10-19(37-25(41)22(31)14(3)4)24(40)36-18(6-5-9-34-26(32)33)23(39)35-15-7-8-16-17(27(28,29)30)12-21(38)42-20(16)11-15/h7-8,11-14,18-19,22H,5-6,9-10,31H2,1-4H3,(H,35,39)(H,36,40)(H,37,41)(H4,32,33,34). The SMILES string of the molecule is CC(C)CC(NC(=O)C(N)C(C)C)C(=O)NC(CCCN=C(N)N)C(=O)Nc1ccc2c(C(F)(F)F)cc(=O)oc2c1. The topological polar surface area (TPSA) is 208 Å². The molecule has 2 rings (SSSR count). The molecule has 0 saturated heterocycles. The molecule has 0 radical (unpaired) electrons. The van der Waals surface area contributed by atoms with Crippen LogP contribution in [0.15, 0.2) is 38.5 Å². The van der Waals surface area contributed by atoms with Gasteiger partial charge < -0.3 is 37.6 Å². The third-order valence-electron chi connectivity index (χ3n) is 6.26. The smallest absolute Gasteiger partial charge is 0.417 e. The second kappa shape index (κ2) is 14.7. The fourth-order valence-corrected chi connectivity index (χ4v) is 4.02. The number of carbonyl (C=O) groups excluding carboxylic acids is 3. The van der Waals surface area contributed by atoms with Crippen LogP contribution in [0.5, 0.6) is 0 Å². The predicted octanol–water partition coefficient (Wildman–Crippen LogP) is 1.80. The highest BCUT2D eigenvalue weighted by Crippen LogP contribution is 2.34. The Hall–Kier alpha value is -4.14. The number of halogens is 3. The molecule has 42 heavy (non-hydrogen) atoms. The molecule has 3 amide bonds. The zero-order valence-electron chi connectivity index (χ0n) is 23.9. The molecule has 1 aromatic carbocycles. The molecule has 3 unspecified atom stereocenters. The van der Waals surface area contributed by atoms with Crippen LogP contribution in [0.25, 0.3) is 11.0 Å². The number of hydrogen-bond acceptors (Lipinski definition) is 7. The maximum atomic E-state index is 13.4. The van der Waals surface area contributed by atoms with Crippen LogP contribution >= 0.6 is 0 Å². The first-order valence-corrected chi connectivity index (χ1v) is 13.4. The summed E-state index contributed by atoms with van der Waals surface area (Å²) in [6.07, 6.45) is -4.19. The van der Waals surface area contributed by atoms with Gasteiger partial charge in [-0.2, -0.15) is 13.2 Å². The maximum Gasteiger partial charge on any atom is 0.417 e. The van der Waals surface area contributed by atoms with Crippen LogP contribution in [-0.2, 0) is 20.6 Å². The molecule has 15 heteroatoms. The zero-order valence-corrected chi connectivity index (χ0v) is 23.9. The van der Waals surface area contributed by atoms with E-state index in [0.29, 0.717) is 6.07 Å². The average Bonchev–Trinajstić information content (AvgIpc) is 2.87. The fraction of sp³-hybridized carbons (Fsp3) is 0.519. The van der Waals surface area contributed by atoms with Crippen LogP contribution in [0.4, 0.5) is 18.9 Å². The van der Waals surface area contributed by atoms with Crippen molar-refractivity contribution in [3.8, 4) is 0 Å². The predicted molar refractivity (Wildman–Crippen MR) is 152 cm³/mol. The number of benzene rings is 1. The van der Waals surface area contributed by atoms with Gasteiger partial charge in [-0.25, -0.2) is 4.79 Å². The quantitative estimate of drug-likeness (QED) is 0.0866. The van der Waals surface area contributed by atoms with Crippen molar-refractivity contribution in [3.63, 3.8) is 0 Å². The monoisotopic (exact) mass is 597 g/mol. The van der Waals surface area contributed by atoms with Crippen LogP contribution in [0.3, 0.4) is 0 Å². The number of rotatable bonds is 13. The number of anilines is 1. The lowest BCUT2D eigenvalue weighted by atomic mass is 10.00. The van der Waals surface area contributed by atoms with Crippen LogP contribution in [-0.4, -0.2) is 48.4 Å². The summed E-state index contributed by atoms with van der Waals surface area (Å²) in [7, 11) is 0. The number of amides is 3. The van der Waals surface area contributed by atoms with E-state index in [-0.39, 0.29) is 60.3 Å². The van der Waals surface area contributed by atoms with Crippen molar-refractivity contribution in [2.45, 2.75) is 71.3 Å². The van der Waals surface area contributed by atoms with Crippen molar-refractivity contribution in [3.05, 3.63) is 40.2 Å². The van der Waals surface area contributed by atoms with Crippen molar-refractivity contribution < 1.29 is 32.0 Å². The van der Waals surface area contributed by atoms with Gasteiger partial charge in [-0.1, -0.05) is 27.7 Å². The molecule has 232 valence electrons. The maximum absolute atomic E-state index is 13.4. The molecular formula is C27H38F3N7O5. The summed E-state index contributed by atoms with van der Waals surface area (Å²) in [5.74, 6) is -2.20. The molecular weight excluding hydrogens is 559 g/mol. The Labute approximate surface area is 240 Å². The average molecular weight is 598 g/mol. The van der Waals surface area contributed by atoms with Crippen molar-refractivity contribution in [1.29, 1.82) is 0 Å². The highest BCUT2D eigenvalue weighted by molar-refractivity contribution is 5.99. The Kier molecular flexibility index (Phi) is 11.9. The second-order valence-electron chi connectivity index (χ2n) is 10.6. The molecule has 9 N–H and O–H groups in total. The number of nitrogens with zero attached hydrogens (tertiary/aromatic N) is 1. The summed E-state index contributed by atoms with van der Waals surface area (Å²) >= 11 is 0. The van der Waals surface area contributed by atoms with Crippen molar-refractivity contribution in [1.82, 2.24) is 10.6 Å². The van der Waals surface area contributed by atoms with E-state index < -0.39 is 53.2 Å². The summed E-state index contributed by atoms with van der Waals surface area (Å²) in [4.78, 5) is 54.8. The van der Waals surface area contributed by atoms with Gasteiger partial charge in [0.2, 0.25) is 17.7 Å². The van der Waals surface area contributed by atoms with Gasteiger partial charge in [0.25, 0.3) is 0 Å². The van der Waals surface area contributed by atoms with E-state index in [1.165, 1.54) is 6.07 Å². The molecule has 0 bridgehead atoms. The molecule has 1 aromatic heterocycles. The van der Waals surface area contributed by atoms with Gasteiger partial charge in [-0.3, -0.25) is 19.4 Å². The second-order valence-corrected chi connectivity index (χ2v) is 10.6. The van der Waals surface area contributed by atoms with E-state index in [0.717, 1.165) is 12.1 Å². The number of hydrogen-bond donors (Lipinski definition) is 6. The molecule has 0 fully saturated rings. The van der Waals surface area contributed by atoms with E-state index in [1.807, 2.05) is 13.8 Å². The number of guanidine groups is 1. The van der Waals surface area contributed by atoms with Crippen LogP contribution in [0.1, 0.15) is 52.5 Å². The van der Waals surface area contributed by atoms with Gasteiger partial charge in [0.05, 0.1) is 11.6 Å². The Morgan fingerprint density at radius 1 is 0.976 bits per heavy atom. The summed E-state index contributed by atoms with van der Waals surface area (Å²) < 4.78 is 45.1. The first-order chi connectivity index (χ1) is 19.5. The Morgan fingerprint density at radius 3 is 2.19 bits per heavy atom. The van der Waals surface area contributed by atoms with Crippen molar-refractivity contribution in [2.75, 3.05) is 11.9 Å². The zero-order chi connectivity index (χ0) is 31.8. The summed E-state index contributed by atoms with van der Waals surface area (Å²) in [6.45, 7) is 7.40. The molecule has 0 aliphatic rings. The number of nitrogens with one attached hydrogen (secondary N) is 3. The minimum atomic E-state index is -4.80. The third-order valence-corrected chi connectivity index (χ3v) is 6.26. The number of aliphatic imine (C=N–C) groups is 1. The molecule has 2 aromatic rings. The number of nitrogens with two attached hydrogens (primary N) is 3. The van der Waals surface area contributed by atoms with E-state index in [4.69, 9.17) is 21.6 Å². The number of carbonyl (C=O) groups is 3. The van der Waals surface area contributed by atoms with Crippen LogP contribution in [0.2, 0.25) is 0 Å². The van der Waals surface area contributed by atoms with Gasteiger partial charge in [0.15, 0.2) is 5.96 Å². The van der Waals surface area contributed by atoms with Gasteiger partial charge in [-0.15, -0.1) is 0 Å². The molecule has 0 aliphatic heterocycles. The lowest BCUT2D eigenvalue weighted by Crippen LogP contribution is -2.56. The highest BCUT2D eigenvalue weighted by Gasteiger charge is 2.34. The third kappa shape index (κ3) is 10.0. The number of alkyl halides is 3. The Bertz CT molecular complexity index is 1350. The molecule has 0 spiro atoms. The Balaban J connectivity index is 2.32. The first kappa shape index (κ1) is 34.1. The molecule has 3 atom stereocenters. The minimum Gasteiger partial charge on any atom is -0.423 e. The largest absolute Gasteiger partial charge is 0.423 e. The summed E-state index contributed by atoms with van der Waals surface area (Å²) in [5.41, 5.74) is 13.9. The summed E-state index contributed by atoms with van der Waals surface area (Å²) in [6, 6.07) is 0.711. The van der Waals surface area contributed by atoms with Gasteiger partial charge >= 0.3 is 11.8 Å². The minimum absolute atomic E-state index is 0.000637. The fourth-order valence-electron chi connectivity index (χ4n) is 4.02. The van der Waals surface area contributed by atoms with E-state index in [9.17, 15) is 32.3 Å². The van der Waals surface area contributed by atoms with Crippen molar-refractivity contribution >= 4 is 40.3 Å². The molecule has 0 saturated carbocycles. The first-order valence-electron chi connectivity index (χ1n) is 13.4. The molecule has 0 aliphatic carbocycles. The number of fused-ring (bicyclic) bond motifs is 1. The summed E-state index contributed by atoms with van der Waals surface area (Å²) in [5, 5.41) is 7.46. The van der Waals surface area contributed by atoms with E-state index in [1.54, 1.807) is 13.8 Å². The van der Waals surface area contributed by atoms with E-state index >= 15 is 0 Å². The Morgan fingerprint density at radius 2 is 1.62 bits per heavy atom. The van der Waals surface area contributed by atoms with Crippen LogP contribution in [0, 0.1) is 11.8 Å².